The zero-order valence-corrected chi connectivity index (χ0v) is 15.3. The van der Waals surface area contributed by atoms with Gasteiger partial charge in [-0.05, 0) is 18.9 Å². The monoisotopic (exact) mass is 361 g/mol. The van der Waals surface area contributed by atoms with Crippen molar-refractivity contribution in [3.63, 3.8) is 0 Å². The van der Waals surface area contributed by atoms with Crippen LogP contribution in [0.1, 0.15) is 24.7 Å². The summed E-state index contributed by atoms with van der Waals surface area (Å²) in [6.45, 7) is 5.11. The van der Waals surface area contributed by atoms with E-state index in [9.17, 15) is 9.59 Å². The van der Waals surface area contributed by atoms with Crippen molar-refractivity contribution in [2.45, 2.75) is 26.8 Å². The molecule has 1 heterocycles. The van der Waals surface area contributed by atoms with Gasteiger partial charge in [0.1, 0.15) is 5.76 Å². The van der Waals surface area contributed by atoms with Crippen molar-refractivity contribution < 1.29 is 14.1 Å². The lowest BCUT2D eigenvalue weighted by Gasteiger charge is -2.22. The van der Waals surface area contributed by atoms with Crippen LogP contribution in [-0.2, 0) is 16.1 Å². The molecule has 0 saturated carbocycles. The maximum absolute atomic E-state index is 12.4. The van der Waals surface area contributed by atoms with Crippen molar-refractivity contribution in [1.29, 1.82) is 0 Å². The number of amides is 2. The minimum absolute atomic E-state index is 0.0424. The predicted molar refractivity (Wildman–Crippen MR) is 99.3 cm³/mol. The Balaban J connectivity index is 1.77. The molecule has 0 aliphatic rings. The largest absolute Gasteiger partial charge is 0.360 e. The molecule has 0 unspecified atom stereocenters. The highest BCUT2D eigenvalue weighted by molar-refractivity contribution is 8.00. The highest BCUT2D eigenvalue weighted by atomic mass is 32.2. The van der Waals surface area contributed by atoms with Crippen LogP contribution in [0, 0.1) is 6.92 Å². The lowest BCUT2D eigenvalue weighted by Crippen LogP contribution is -2.33. The van der Waals surface area contributed by atoms with Crippen molar-refractivity contribution in [3.8, 4) is 0 Å². The Labute approximate surface area is 151 Å². The first-order chi connectivity index (χ1) is 12.1. The summed E-state index contributed by atoms with van der Waals surface area (Å²) >= 11 is 1.30. The van der Waals surface area contributed by atoms with Crippen molar-refractivity contribution >= 4 is 29.4 Å². The van der Waals surface area contributed by atoms with Crippen LogP contribution in [0.15, 0.2) is 40.9 Å². The minimum Gasteiger partial charge on any atom is -0.360 e. The normalized spacial score (nSPS) is 10.5. The molecule has 0 radical (unpaired) electrons. The summed E-state index contributed by atoms with van der Waals surface area (Å²) in [6, 6.07) is 11.6. The fourth-order valence-corrected chi connectivity index (χ4v) is 3.01. The molecule has 2 amide bonds. The Morgan fingerprint density at radius 3 is 2.64 bits per heavy atom. The number of nitrogens with zero attached hydrogens (tertiary/aromatic N) is 2. The number of thioether (sulfide) groups is 1. The average Bonchev–Trinajstić information content (AvgIpc) is 3.00. The number of carbonyl (C=O) groups excluding carboxylic acids is 2. The molecule has 25 heavy (non-hydrogen) atoms. The lowest BCUT2D eigenvalue weighted by molar-refractivity contribution is -0.129. The Kier molecular flexibility index (Phi) is 7.53. The van der Waals surface area contributed by atoms with Crippen LogP contribution in [0.3, 0.4) is 0 Å². The van der Waals surface area contributed by atoms with E-state index in [4.69, 9.17) is 4.52 Å². The van der Waals surface area contributed by atoms with E-state index in [1.165, 1.54) is 11.8 Å². The number of nitrogens with one attached hydrogen (secondary N) is 1. The van der Waals surface area contributed by atoms with E-state index in [1.54, 1.807) is 13.0 Å². The summed E-state index contributed by atoms with van der Waals surface area (Å²) in [5.41, 5.74) is 1.11. The van der Waals surface area contributed by atoms with Crippen LogP contribution in [0.5, 0.6) is 0 Å². The van der Waals surface area contributed by atoms with Gasteiger partial charge in [0.25, 0.3) is 0 Å². The Bertz CT molecular complexity index is 688. The number of rotatable bonds is 9. The Morgan fingerprint density at radius 1 is 1.24 bits per heavy atom. The molecule has 0 saturated heterocycles. The van der Waals surface area contributed by atoms with E-state index >= 15 is 0 Å². The van der Waals surface area contributed by atoms with Crippen molar-refractivity contribution in [2.75, 3.05) is 23.4 Å². The molecule has 0 atom stereocenters. The summed E-state index contributed by atoms with van der Waals surface area (Å²) in [5.74, 6) is 1.35. The average molecular weight is 361 g/mol. The van der Waals surface area contributed by atoms with Crippen LogP contribution in [-0.4, -0.2) is 39.9 Å². The van der Waals surface area contributed by atoms with E-state index in [1.807, 2.05) is 42.2 Å². The highest BCUT2D eigenvalue weighted by Crippen LogP contribution is 2.11. The molecule has 6 nitrogen and oxygen atoms in total. The van der Waals surface area contributed by atoms with Crippen LogP contribution < -0.4 is 5.32 Å². The van der Waals surface area contributed by atoms with Gasteiger partial charge in [-0.25, -0.2) is 0 Å². The summed E-state index contributed by atoms with van der Waals surface area (Å²) in [7, 11) is 0. The second-order valence-electron chi connectivity index (χ2n) is 5.66. The number of aromatic nitrogens is 1. The van der Waals surface area contributed by atoms with E-state index in [-0.39, 0.29) is 23.3 Å². The van der Waals surface area contributed by atoms with Gasteiger partial charge in [0.15, 0.2) is 5.82 Å². The first-order valence-electron chi connectivity index (χ1n) is 8.21. The van der Waals surface area contributed by atoms with Crippen LogP contribution in [0.4, 0.5) is 5.82 Å². The summed E-state index contributed by atoms with van der Waals surface area (Å²) < 4.78 is 4.89. The third-order valence-electron chi connectivity index (χ3n) is 3.42. The molecule has 0 spiro atoms. The topological polar surface area (TPSA) is 75.4 Å². The van der Waals surface area contributed by atoms with Gasteiger partial charge in [0.2, 0.25) is 11.8 Å². The number of benzene rings is 1. The molecule has 2 aromatic rings. The van der Waals surface area contributed by atoms with Crippen LogP contribution in [0.25, 0.3) is 0 Å². The molecule has 0 bridgehead atoms. The van der Waals surface area contributed by atoms with Crippen molar-refractivity contribution in [2.24, 2.45) is 0 Å². The van der Waals surface area contributed by atoms with Crippen LogP contribution >= 0.6 is 11.8 Å². The molecule has 1 N–H and O–H groups in total. The van der Waals surface area contributed by atoms with Crippen molar-refractivity contribution in [3.05, 3.63) is 47.7 Å². The quantitative estimate of drug-likeness (QED) is 0.743. The van der Waals surface area contributed by atoms with E-state index in [0.717, 1.165) is 12.0 Å². The van der Waals surface area contributed by atoms with Gasteiger partial charge < -0.3 is 14.7 Å². The summed E-state index contributed by atoms with van der Waals surface area (Å²) in [5, 5.41) is 6.35. The number of hydrogen-bond acceptors (Lipinski definition) is 5. The number of anilines is 1. The standard InChI is InChI=1S/C18H23N3O3S/c1-3-9-21(11-15-7-5-4-6-8-15)18(23)13-25-12-17(22)19-16-10-14(2)24-20-16/h4-8,10H,3,9,11-13H2,1-2H3,(H,19,20,22). The lowest BCUT2D eigenvalue weighted by atomic mass is 10.2. The van der Waals surface area contributed by atoms with Crippen LogP contribution in [0.2, 0.25) is 0 Å². The summed E-state index contributed by atoms with van der Waals surface area (Å²) in [6.07, 6.45) is 0.898. The maximum Gasteiger partial charge on any atom is 0.235 e. The molecule has 0 fully saturated rings. The fraction of sp³-hybridized carbons (Fsp3) is 0.389. The zero-order valence-electron chi connectivity index (χ0n) is 14.5. The minimum atomic E-state index is -0.198. The second-order valence-corrected chi connectivity index (χ2v) is 6.65. The van der Waals surface area contributed by atoms with E-state index < -0.39 is 0 Å². The Morgan fingerprint density at radius 2 is 2.00 bits per heavy atom. The molecule has 1 aromatic carbocycles. The third kappa shape index (κ3) is 6.62. The predicted octanol–water partition coefficient (Wildman–Crippen LogP) is 3.09. The molecular formula is C18H23N3O3S. The van der Waals surface area contributed by atoms with E-state index in [0.29, 0.717) is 24.7 Å². The van der Waals surface area contributed by atoms with Crippen molar-refractivity contribution in [1.82, 2.24) is 10.1 Å². The molecule has 7 heteroatoms. The van der Waals surface area contributed by atoms with Gasteiger partial charge in [-0.15, -0.1) is 11.8 Å². The first-order valence-corrected chi connectivity index (χ1v) is 9.36. The molecule has 1 aromatic heterocycles. The fourth-order valence-electron chi connectivity index (χ4n) is 2.29. The maximum atomic E-state index is 12.4. The Hall–Kier alpha value is -2.28. The number of carbonyl (C=O) groups is 2. The second kappa shape index (κ2) is 9.88. The van der Waals surface area contributed by atoms with Gasteiger partial charge >= 0.3 is 0 Å². The molecule has 2 rings (SSSR count). The summed E-state index contributed by atoms with van der Waals surface area (Å²) in [4.78, 5) is 26.1. The third-order valence-corrected chi connectivity index (χ3v) is 4.33. The number of hydrogen-bond donors (Lipinski definition) is 1. The first kappa shape index (κ1) is 19.1. The van der Waals surface area contributed by atoms with Gasteiger partial charge in [0, 0.05) is 19.2 Å². The molecule has 0 aliphatic heterocycles. The van der Waals surface area contributed by atoms with E-state index in [2.05, 4.69) is 10.5 Å². The highest BCUT2D eigenvalue weighted by Gasteiger charge is 2.14. The van der Waals surface area contributed by atoms with Gasteiger partial charge in [-0.3, -0.25) is 9.59 Å². The smallest absolute Gasteiger partial charge is 0.235 e. The van der Waals surface area contributed by atoms with Gasteiger partial charge in [-0.1, -0.05) is 42.4 Å². The molecular weight excluding hydrogens is 338 g/mol. The SMILES string of the molecule is CCCN(Cc1ccccc1)C(=O)CSCC(=O)Nc1cc(C)on1. The van der Waals surface area contributed by atoms with Gasteiger partial charge in [-0.2, -0.15) is 0 Å². The van der Waals surface area contributed by atoms with Gasteiger partial charge in [0.05, 0.1) is 11.5 Å². The molecule has 0 aliphatic carbocycles. The zero-order chi connectivity index (χ0) is 18.1. The number of aryl methyl sites for hydroxylation is 1. The molecule has 134 valence electrons.